The number of rotatable bonds is 4. The summed E-state index contributed by atoms with van der Waals surface area (Å²) in [6.07, 6.45) is 0. The molecule has 0 aliphatic rings. The van der Waals surface area contributed by atoms with Gasteiger partial charge in [0.05, 0.1) is 12.2 Å². The minimum atomic E-state index is -3.69. The van der Waals surface area contributed by atoms with Crippen molar-refractivity contribution in [2.45, 2.75) is 39.1 Å². The Kier molecular flexibility index (Phi) is 3.46. The first-order valence-electron chi connectivity index (χ1n) is 5.66. The summed E-state index contributed by atoms with van der Waals surface area (Å²) in [5.41, 5.74) is 1.07. The smallest absolute Gasteiger partial charge is 0.246 e. The first-order chi connectivity index (χ1) is 8.81. The van der Waals surface area contributed by atoms with Crippen LogP contribution in [0.4, 0.5) is 0 Å². The van der Waals surface area contributed by atoms with Crippen LogP contribution in [-0.4, -0.2) is 18.6 Å². The average molecular weight is 285 g/mol. The van der Waals surface area contributed by atoms with Crippen molar-refractivity contribution in [3.63, 3.8) is 0 Å². The molecule has 0 radical (unpaired) electrons. The number of aryl methyl sites for hydroxylation is 4. The highest BCUT2D eigenvalue weighted by molar-refractivity contribution is 7.89. The topological polar surface area (TPSA) is 98.2 Å². The van der Waals surface area contributed by atoms with E-state index in [1.165, 1.54) is 0 Å². The molecule has 0 saturated heterocycles. The molecule has 0 fully saturated rings. The van der Waals surface area contributed by atoms with Crippen LogP contribution in [-0.2, 0) is 16.6 Å². The summed E-state index contributed by atoms with van der Waals surface area (Å²) in [5, 5.41) is 3.62. The van der Waals surface area contributed by atoms with E-state index in [1.807, 2.05) is 0 Å². The Balaban J connectivity index is 2.19. The summed E-state index contributed by atoms with van der Waals surface area (Å²) in [4.78, 5) is 4.17. The van der Waals surface area contributed by atoms with Crippen molar-refractivity contribution >= 4 is 10.0 Å². The largest absolute Gasteiger partial charge is 0.444 e. The second-order valence-electron chi connectivity index (χ2n) is 4.23. The van der Waals surface area contributed by atoms with Crippen molar-refractivity contribution in [3.8, 4) is 0 Å². The molecule has 0 aromatic carbocycles. The maximum atomic E-state index is 12.1. The second-order valence-corrected chi connectivity index (χ2v) is 5.93. The standard InChI is InChI=1S/C11H15N3O4S/c1-6-8(3)17-10(13-6)5-12-19(15,16)11-7(2)14-18-9(11)4/h12H,5H2,1-4H3. The third kappa shape index (κ3) is 2.69. The van der Waals surface area contributed by atoms with Crippen molar-refractivity contribution in [2.24, 2.45) is 0 Å². The zero-order chi connectivity index (χ0) is 14.2. The van der Waals surface area contributed by atoms with Gasteiger partial charge in [0.25, 0.3) is 0 Å². The SMILES string of the molecule is Cc1nc(CNS(=O)(=O)c2c(C)noc2C)oc1C. The molecular formula is C11H15N3O4S. The molecule has 104 valence electrons. The molecular weight excluding hydrogens is 270 g/mol. The van der Waals surface area contributed by atoms with Gasteiger partial charge in [-0.3, -0.25) is 0 Å². The van der Waals surface area contributed by atoms with Crippen LogP contribution in [0.15, 0.2) is 13.8 Å². The predicted molar refractivity (Wildman–Crippen MR) is 66.0 cm³/mol. The highest BCUT2D eigenvalue weighted by atomic mass is 32.2. The van der Waals surface area contributed by atoms with Crippen LogP contribution in [0.3, 0.4) is 0 Å². The van der Waals surface area contributed by atoms with Crippen molar-refractivity contribution in [1.29, 1.82) is 0 Å². The molecule has 2 heterocycles. The normalized spacial score (nSPS) is 12.0. The van der Waals surface area contributed by atoms with E-state index >= 15 is 0 Å². The Hall–Kier alpha value is -1.67. The quantitative estimate of drug-likeness (QED) is 0.911. The summed E-state index contributed by atoms with van der Waals surface area (Å²) < 4.78 is 36.8. The van der Waals surface area contributed by atoms with Gasteiger partial charge >= 0.3 is 0 Å². The molecule has 0 unspecified atom stereocenters. The summed E-state index contributed by atoms with van der Waals surface area (Å²) in [5.74, 6) is 1.25. The molecule has 0 atom stereocenters. The molecule has 0 aliphatic heterocycles. The first kappa shape index (κ1) is 13.8. The molecule has 1 N–H and O–H groups in total. The van der Waals surface area contributed by atoms with Crippen LogP contribution in [0.1, 0.15) is 28.8 Å². The van der Waals surface area contributed by atoms with E-state index in [0.717, 1.165) is 5.69 Å². The monoisotopic (exact) mass is 285 g/mol. The lowest BCUT2D eigenvalue weighted by Gasteiger charge is -2.03. The van der Waals surface area contributed by atoms with Crippen LogP contribution in [0.5, 0.6) is 0 Å². The Morgan fingerprint density at radius 1 is 1.11 bits per heavy atom. The highest BCUT2D eigenvalue weighted by Crippen LogP contribution is 2.19. The summed E-state index contributed by atoms with van der Waals surface area (Å²) >= 11 is 0. The van der Waals surface area contributed by atoms with Crippen LogP contribution in [0.25, 0.3) is 0 Å². The van der Waals surface area contributed by atoms with Crippen molar-refractivity contribution < 1.29 is 17.4 Å². The summed E-state index contributed by atoms with van der Waals surface area (Å²) in [6, 6.07) is 0. The molecule has 7 nitrogen and oxygen atoms in total. The molecule has 0 spiro atoms. The molecule has 0 saturated carbocycles. The second kappa shape index (κ2) is 4.78. The van der Waals surface area contributed by atoms with Gasteiger partial charge in [0.1, 0.15) is 16.3 Å². The van der Waals surface area contributed by atoms with Gasteiger partial charge in [0, 0.05) is 0 Å². The highest BCUT2D eigenvalue weighted by Gasteiger charge is 2.24. The Bertz CT molecular complexity index is 661. The number of aromatic nitrogens is 2. The zero-order valence-electron chi connectivity index (χ0n) is 11.1. The summed E-state index contributed by atoms with van der Waals surface area (Å²) in [6.45, 7) is 6.68. The minimum absolute atomic E-state index is 0.0128. The molecule has 0 amide bonds. The number of nitrogens with one attached hydrogen (secondary N) is 1. The van der Waals surface area contributed by atoms with E-state index < -0.39 is 10.0 Å². The Morgan fingerprint density at radius 3 is 2.26 bits per heavy atom. The molecule has 2 rings (SSSR count). The zero-order valence-corrected chi connectivity index (χ0v) is 12.0. The lowest BCUT2D eigenvalue weighted by atomic mass is 10.4. The fourth-order valence-electron chi connectivity index (χ4n) is 1.70. The number of nitrogens with zero attached hydrogens (tertiary/aromatic N) is 2. The molecule has 2 aromatic rings. The lowest BCUT2D eigenvalue weighted by Crippen LogP contribution is -2.24. The molecule has 8 heteroatoms. The molecule has 2 aromatic heterocycles. The summed E-state index contributed by atoms with van der Waals surface area (Å²) in [7, 11) is -3.69. The Morgan fingerprint density at radius 2 is 1.79 bits per heavy atom. The van der Waals surface area contributed by atoms with E-state index in [-0.39, 0.29) is 17.2 Å². The molecule has 0 bridgehead atoms. The van der Waals surface area contributed by atoms with E-state index in [0.29, 0.717) is 17.3 Å². The number of hydrogen-bond donors (Lipinski definition) is 1. The van der Waals surface area contributed by atoms with Crippen LogP contribution in [0, 0.1) is 27.7 Å². The van der Waals surface area contributed by atoms with Gasteiger partial charge in [0.2, 0.25) is 15.9 Å². The van der Waals surface area contributed by atoms with Gasteiger partial charge < -0.3 is 8.94 Å². The average Bonchev–Trinajstić information content (AvgIpc) is 2.81. The van der Waals surface area contributed by atoms with Gasteiger partial charge in [-0.15, -0.1) is 0 Å². The fraction of sp³-hybridized carbons (Fsp3) is 0.455. The lowest BCUT2D eigenvalue weighted by molar-refractivity contribution is 0.390. The van der Waals surface area contributed by atoms with E-state index in [2.05, 4.69) is 14.9 Å². The van der Waals surface area contributed by atoms with Crippen molar-refractivity contribution in [3.05, 3.63) is 28.8 Å². The fourth-order valence-corrected chi connectivity index (χ4v) is 3.00. The van der Waals surface area contributed by atoms with Crippen LogP contribution in [0.2, 0.25) is 0 Å². The molecule has 19 heavy (non-hydrogen) atoms. The minimum Gasteiger partial charge on any atom is -0.444 e. The van der Waals surface area contributed by atoms with Crippen LogP contribution >= 0.6 is 0 Å². The predicted octanol–water partition coefficient (Wildman–Crippen LogP) is 1.37. The number of oxazole rings is 1. The van der Waals surface area contributed by atoms with E-state index in [1.54, 1.807) is 27.7 Å². The van der Waals surface area contributed by atoms with Crippen LogP contribution < -0.4 is 4.72 Å². The number of sulfonamides is 1. The maximum absolute atomic E-state index is 12.1. The third-order valence-electron chi connectivity index (χ3n) is 2.72. The third-order valence-corrected chi connectivity index (χ3v) is 4.37. The van der Waals surface area contributed by atoms with E-state index in [4.69, 9.17) is 8.94 Å². The first-order valence-corrected chi connectivity index (χ1v) is 7.15. The number of hydrogen-bond acceptors (Lipinski definition) is 6. The van der Waals surface area contributed by atoms with Crippen molar-refractivity contribution in [1.82, 2.24) is 14.9 Å². The van der Waals surface area contributed by atoms with Crippen molar-refractivity contribution in [2.75, 3.05) is 0 Å². The van der Waals surface area contributed by atoms with Gasteiger partial charge in [-0.2, -0.15) is 0 Å². The molecule has 0 aliphatic carbocycles. The maximum Gasteiger partial charge on any atom is 0.246 e. The van der Waals surface area contributed by atoms with E-state index in [9.17, 15) is 8.42 Å². The van der Waals surface area contributed by atoms with Gasteiger partial charge in [-0.1, -0.05) is 5.16 Å². The van der Waals surface area contributed by atoms with Gasteiger partial charge in [-0.25, -0.2) is 18.1 Å². The van der Waals surface area contributed by atoms with Gasteiger partial charge in [-0.05, 0) is 27.7 Å². The Labute approximate surface area is 111 Å². The van der Waals surface area contributed by atoms with Gasteiger partial charge in [0.15, 0.2) is 5.76 Å².